The van der Waals surface area contributed by atoms with Gasteiger partial charge in [0, 0.05) is 30.6 Å². The number of aromatic nitrogens is 4. The summed E-state index contributed by atoms with van der Waals surface area (Å²) in [7, 11) is 1.96. The fraction of sp³-hybridized carbons (Fsp3) is 0.250. The quantitative estimate of drug-likeness (QED) is 0.535. The van der Waals surface area contributed by atoms with Crippen LogP contribution in [-0.4, -0.2) is 19.5 Å². The standard InChI is InChI=1S/C24H23N5O/c1-16-11-21-20(12-17(16)5-4-10-25)18(8-9-19-6-3-7-24(30)27-19)13-22(28-21)23-14-26-15-29(23)2/h3,6-7,11-15H,4-5,8-9H2,1-2H3,(H,27,30). The third-order valence-corrected chi connectivity index (χ3v) is 5.43. The van der Waals surface area contributed by atoms with Crippen molar-refractivity contribution < 1.29 is 0 Å². The number of aryl methyl sites for hydroxylation is 5. The molecule has 0 unspecified atom stereocenters. The van der Waals surface area contributed by atoms with Crippen molar-refractivity contribution in [2.75, 3.05) is 0 Å². The van der Waals surface area contributed by atoms with Crippen LogP contribution in [0.25, 0.3) is 22.3 Å². The Morgan fingerprint density at radius 3 is 2.73 bits per heavy atom. The smallest absolute Gasteiger partial charge is 0.248 e. The predicted octanol–water partition coefficient (Wildman–Crippen LogP) is 3.87. The molecule has 6 heteroatoms. The van der Waals surface area contributed by atoms with E-state index in [9.17, 15) is 4.79 Å². The monoisotopic (exact) mass is 397 g/mol. The summed E-state index contributed by atoms with van der Waals surface area (Å²) in [5, 5.41) is 10.1. The Morgan fingerprint density at radius 1 is 1.13 bits per heavy atom. The van der Waals surface area contributed by atoms with Gasteiger partial charge in [0.1, 0.15) is 0 Å². The minimum atomic E-state index is -0.0860. The van der Waals surface area contributed by atoms with Gasteiger partial charge in [-0.15, -0.1) is 0 Å². The molecule has 0 aliphatic carbocycles. The Hall–Kier alpha value is -3.72. The summed E-state index contributed by atoms with van der Waals surface area (Å²) in [5.41, 5.74) is 7.07. The van der Waals surface area contributed by atoms with Gasteiger partial charge in [0.2, 0.25) is 5.56 Å². The lowest BCUT2D eigenvalue weighted by atomic mass is 9.95. The molecule has 1 N–H and O–H groups in total. The van der Waals surface area contributed by atoms with Crippen LogP contribution in [-0.2, 0) is 26.3 Å². The lowest BCUT2D eigenvalue weighted by Gasteiger charge is -2.13. The van der Waals surface area contributed by atoms with Crippen LogP contribution in [0, 0.1) is 18.3 Å². The Kier molecular flexibility index (Phi) is 5.44. The van der Waals surface area contributed by atoms with E-state index < -0.39 is 0 Å². The summed E-state index contributed by atoms with van der Waals surface area (Å²) in [5.74, 6) is 0. The molecular weight excluding hydrogens is 374 g/mol. The normalized spacial score (nSPS) is 11.0. The number of rotatable bonds is 6. The minimum absolute atomic E-state index is 0.0860. The first-order valence-electron chi connectivity index (χ1n) is 10.00. The topological polar surface area (TPSA) is 87.4 Å². The van der Waals surface area contributed by atoms with Crippen LogP contribution < -0.4 is 5.56 Å². The molecule has 3 heterocycles. The van der Waals surface area contributed by atoms with Gasteiger partial charge in [-0.2, -0.15) is 5.26 Å². The van der Waals surface area contributed by atoms with Crippen LogP contribution >= 0.6 is 0 Å². The summed E-state index contributed by atoms with van der Waals surface area (Å²) >= 11 is 0. The second-order valence-electron chi connectivity index (χ2n) is 7.55. The molecule has 1 aromatic carbocycles. The molecule has 0 fully saturated rings. The third-order valence-electron chi connectivity index (χ3n) is 5.43. The predicted molar refractivity (Wildman–Crippen MR) is 117 cm³/mol. The molecule has 0 saturated carbocycles. The summed E-state index contributed by atoms with van der Waals surface area (Å²) in [6, 6.07) is 13.9. The van der Waals surface area contributed by atoms with Crippen molar-refractivity contribution in [2.45, 2.75) is 32.6 Å². The second kappa shape index (κ2) is 8.34. The van der Waals surface area contributed by atoms with Crippen LogP contribution in [0.5, 0.6) is 0 Å². The van der Waals surface area contributed by atoms with E-state index >= 15 is 0 Å². The van der Waals surface area contributed by atoms with Crippen LogP contribution in [0.3, 0.4) is 0 Å². The largest absolute Gasteiger partial charge is 0.332 e. The number of pyridine rings is 2. The summed E-state index contributed by atoms with van der Waals surface area (Å²) in [4.78, 5) is 23.7. The van der Waals surface area contributed by atoms with Gasteiger partial charge in [0.05, 0.1) is 35.5 Å². The molecule has 4 aromatic rings. The van der Waals surface area contributed by atoms with E-state index in [2.05, 4.69) is 41.2 Å². The summed E-state index contributed by atoms with van der Waals surface area (Å²) in [6.45, 7) is 2.07. The number of H-pyrrole nitrogens is 1. The first-order valence-corrected chi connectivity index (χ1v) is 10.00. The van der Waals surface area contributed by atoms with E-state index in [4.69, 9.17) is 10.2 Å². The SMILES string of the molecule is Cc1cc2nc(-c3cncn3C)cc(CCc3cccc(=O)[nH]3)c2cc1CCC#N. The van der Waals surface area contributed by atoms with Gasteiger partial charge in [-0.05, 0) is 67.1 Å². The molecule has 3 aromatic heterocycles. The molecule has 0 spiro atoms. The van der Waals surface area contributed by atoms with Gasteiger partial charge in [-0.1, -0.05) is 6.07 Å². The van der Waals surface area contributed by atoms with Crippen molar-refractivity contribution in [3.8, 4) is 17.5 Å². The molecule has 0 aliphatic rings. The van der Waals surface area contributed by atoms with Crippen molar-refractivity contribution in [2.24, 2.45) is 7.05 Å². The van der Waals surface area contributed by atoms with Gasteiger partial charge >= 0.3 is 0 Å². The third kappa shape index (κ3) is 4.01. The van der Waals surface area contributed by atoms with E-state index in [0.29, 0.717) is 6.42 Å². The Labute approximate surface area is 174 Å². The lowest BCUT2D eigenvalue weighted by molar-refractivity contribution is 0.902. The maximum Gasteiger partial charge on any atom is 0.248 e. The number of benzene rings is 1. The van der Waals surface area contributed by atoms with Crippen molar-refractivity contribution in [1.29, 1.82) is 5.26 Å². The fourth-order valence-corrected chi connectivity index (χ4v) is 3.80. The fourth-order valence-electron chi connectivity index (χ4n) is 3.80. The van der Waals surface area contributed by atoms with Gasteiger partial charge in [0.25, 0.3) is 0 Å². The zero-order chi connectivity index (χ0) is 21.1. The average molecular weight is 397 g/mol. The van der Waals surface area contributed by atoms with E-state index in [1.54, 1.807) is 12.4 Å². The molecule has 6 nitrogen and oxygen atoms in total. The molecule has 0 radical (unpaired) electrons. The molecular formula is C24H23N5O. The Balaban J connectivity index is 1.81. The van der Waals surface area contributed by atoms with E-state index in [1.165, 1.54) is 17.2 Å². The number of nitrogens with one attached hydrogen (secondary N) is 1. The number of aromatic amines is 1. The van der Waals surface area contributed by atoms with E-state index in [0.717, 1.165) is 52.8 Å². The van der Waals surface area contributed by atoms with Gasteiger partial charge in [0.15, 0.2) is 0 Å². The number of hydrogen-bond donors (Lipinski definition) is 1. The zero-order valence-electron chi connectivity index (χ0n) is 17.1. The van der Waals surface area contributed by atoms with Gasteiger partial charge in [-0.3, -0.25) is 4.79 Å². The molecule has 0 atom stereocenters. The maximum absolute atomic E-state index is 11.6. The maximum atomic E-state index is 11.6. The minimum Gasteiger partial charge on any atom is -0.332 e. The van der Waals surface area contributed by atoms with Crippen LogP contribution in [0.15, 0.2) is 53.7 Å². The van der Waals surface area contributed by atoms with Crippen LogP contribution in [0.1, 0.15) is 28.8 Å². The van der Waals surface area contributed by atoms with Crippen molar-refractivity contribution in [3.05, 3.63) is 81.7 Å². The molecule has 4 rings (SSSR count). The molecule has 150 valence electrons. The van der Waals surface area contributed by atoms with Crippen molar-refractivity contribution in [1.82, 2.24) is 19.5 Å². The van der Waals surface area contributed by atoms with Crippen LogP contribution in [0.4, 0.5) is 0 Å². The van der Waals surface area contributed by atoms with E-state index in [-0.39, 0.29) is 5.56 Å². The highest BCUT2D eigenvalue weighted by atomic mass is 16.1. The van der Waals surface area contributed by atoms with Gasteiger partial charge < -0.3 is 9.55 Å². The van der Waals surface area contributed by atoms with Crippen molar-refractivity contribution >= 4 is 10.9 Å². The highest BCUT2D eigenvalue weighted by Gasteiger charge is 2.13. The van der Waals surface area contributed by atoms with Crippen molar-refractivity contribution in [3.63, 3.8) is 0 Å². The molecule has 0 amide bonds. The highest BCUT2D eigenvalue weighted by Crippen LogP contribution is 2.28. The average Bonchev–Trinajstić information content (AvgIpc) is 3.16. The first-order chi connectivity index (χ1) is 14.5. The molecule has 30 heavy (non-hydrogen) atoms. The van der Waals surface area contributed by atoms with Crippen LogP contribution in [0.2, 0.25) is 0 Å². The molecule has 0 bridgehead atoms. The number of hydrogen-bond acceptors (Lipinski definition) is 4. The lowest BCUT2D eigenvalue weighted by Crippen LogP contribution is -2.07. The van der Waals surface area contributed by atoms with Gasteiger partial charge in [-0.25, -0.2) is 9.97 Å². The zero-order valence-corrected chi connectivity index (χ0v) is 17.1. The molecule has 0 saturated heterocycles. The number of fused-ring (bicyclic) bond motifs is 1. The first kappa shape index (κ1) is 19.6. The van der Waals surface area contributed by atoms with E-state index in [1.807, 2.05) is 23.9 Å². The highest BCUT2D eigenvalue weighted by molar-refractivity contribution is 5.86. The summed E-state index contributed by atoms with van der Waals surface area (Å²) < 4.78 is 1.96. The number of imidazole rings is 1. The second-order valence-corrected chi connectivity index (χ2v) is 7.55. The number of nitriles is 1. The summed E-state index contributed by atoms with van der Waals surface area (Å²) in [6.07, 6.45) is 6.30. The number of nitrogens with zero attached hydrogens (tertiary/aromatic N) is 4. The molecule has 0 aliphatic heterocycles. The Bertz CT molecular complexity index is 1310. The Morgan fingerprint density at radius 2 is 2.00 bits per heavy atom.